The van der Waals surface area contributed by atoms with Crippen LogP contribution in [0.4, 0.5) is 4.39 Å². The monoisotopic (exact) mass is 301 g/mol. The molecule has 21 heavy (non-hydrogen) atoms. The Hall–Kier alpha value is -1.91. The maximum atomic E-state index is 14.0. The second-order valence-electron chi connectivity index (χ2n) is 5.02. The predicted octanol–water partition coefficient (Wildman–Crippen LogP) is 4.64. The lowest BCUT2D eigenvalue weighted by molar-refractivity contribution is 0.291. The number of ether oxygens (including phenoxy) is 1. The van der Waals surface area contributed by atoms with Crippen LogP contribution < -0.4 is 10.5 Å². The van der Waals surface area contributed by atoms with Crippen LogP contribution in [-0.4, -0.2) is 0 Å². The van der Waals surface area contributed by atoms with Crippen molar-refractivity contribution in [2.24, 2.45) is 5.73 Å². The number of nitrogens with two attached hydrogens (primary N) is 1. The molecule has 2 N–H and O–H groups in total. The summed E-state index contributed by atoms with van der Waals surface area (Å²) in [6.07, 6.45) is 0. The highest BCUT2D eigenvalue weighted by Crippen LogP contribution is 2.28. The van der Waals surface area contributed by atoms with Crippen molar-refractivity contribution in [3.8, 4) is 5.75 Å². The van der Waals surface area contributed by atoms with Crippen molar-refractivity contribution in [2.45, 2.75) is 19.6 Å². The smallest absolute Gasteiger partial charge is 0.165 e. The Labute approximate surface area is 127 Å². The molecule has 0 bridgehead atoms. The van der Waals surface area contributed by atoms with E-state index in [0.717, 1.165) is 16.5 Å². The van der Waals surface area contributed by atoms with Crippen molar-refractivity contribution in [3.05, 3.63) is 64.8 Å². The number of halogens is 1. The summed E-state index contributed by atoms with van der Waals surface area (Å²) in [6, 6.07) is 12.8. The van der Waals surface area contributed by atoms with Gasteiger partial charge in [-0.3, -0.25) is 0 Å². The summed E-state index contributed by atoms with van der Waals surface area (Å²) < 4.78 is 20.8. The van der Waals surface area contributed by atoms with Crippen molar-refractivity contribution < 1.29 is 9.13 Å². The van der Waals surface area contributed by atoms with Gasteiger partial charge in [0.05, 0.1) is 0 Å². The van der Waals surface area contributed by atoms with Gasteiger partial charge in [-0.15, -0.1) is 11.3 Å². The number of hydrogen-bond acceptors (Lipinski definition) is 3. The molecule has 108 valence electrons. The van der Waals surface area contributed by atoms with Gasteiger partial charge in [-0.05, 0) is 41.5 Å². The van der Waals surface area contributed by atoms with Gasteiger partial charge >= 0.3 is 0 Å². The van der Waals surface area contributed by atoms with Gasteiger partial charge < -0.3 is 10.5 Å². The third-order valence-electron chi connectivity index (χ3n) is 3.43. The lowest BCUT2D eigenvalue weighted by Crippen LogP contribution is -2.06. The summed E-state index contributed by atoms with van der Waals surface area (Å²) >= 11 is 1.67. The van der Waals surface area contributed by atoms with Gasteiger partial charge in [0.2, 0.25) is 0 Å². The first kappa shape index (κ1) is 14.0. The Bertz CT molecular complexity index is 766. The fourth-order valence-electron chi connectivity index (χ4n) is 2.22. The van der Waals surface area contributed by atoms with Gasteiger partial charge in [-0.2, -0.15) is 0 Å². The molecule has 2 nitrogen and oxygen atoms in total. The van der Waals surface area contributed by atoms with Crippen LogP contribution >= 0.6 is 11.3 Å². The minimum atomic E-state index is -0.371. The maximum absolute atomic E-state index is 14.0. The molecule has 1 heterocycles. The van der Waals surface area contributed by atoms with E-state index in [1.807, 2.05) is 19.1 Å². The Balaban J connectivity index is 1.79. The number of benzene rings is 2. The fraction of sp³-hybridized carbons (Fsp3) is 0.176. The highest BCUT2D eigenvalue weighted by molar-refractivity contribution is 7.17. The summed E-state index contributed by atoms with van der Waals surface area (Å²) in [5.74, 6) is -0.112. The van der Waals surface area contributed by atoms with Gasteiger partial charge in [0, 0.05) is 16.3 Å². The molecule has 2 aromatic carbocycles. The molecule has 1 atom stereocenters. The maximum Gasteiger partial charge on any atom is 0.165 e. The lowest BCUT2D eigenvalue weighted by Gasteiger charge is -2.10. The average molecular weight is 301 g/mol. The molecule has 0 saturated heterocycles. The van der Waals surface area contributed by atoms with Gasteiger partial charge in [0.15, 0.2) is 11.6 Å². The molecule has 3 rings (SSSR count). The normalized spacial score (nSPS) is 12.5. The first-order valence-electron chi connectivity index (χ1n) is 6.78. The SMILES string of the molecule is C[C@H](N)c1ccc(OCc2csc3ccccc23)c(F)c1. The van der Waals surface area contributed by atoms with Gasteiger partial charge in [-0.1, -0.05) is 24.3 Å². The topological polar surface area (TPSA) is 35.2 Å². The van der Waals surface area contributed by atoms with Gasteiger partial charge in [-0.25, -0.2) is 4.39 Å². The fourth-order valence-corrected chi connectivity index (χ4v) is 3.16. The Morgan fingerprint density at radius 3 is 2.81 bits per heavy atom. The largest absolute Gasteiger partial charge is 0.486 e. The van der Waals surface area contributed by atoms with Crippen LogP contribution in [0, 0.1) is 5.82 Å². The molecule has 0 radical (unpaired) electrons. The molecule has 0 aliphatic heterocycles. The molecule has 0 fully saturated rings. The van der Waals surface area contributed by atoms with Crippen LogP contribution in [-0.2, 0) is 6.61 Å². The highest BCUT2D eigenvalue weighted by atomic mass is 32.1. The highest BCUT2D eigenvalue weighted by Gasteiger charge is 2.09. The van der Waals surface area contributed by atoms with E-state index < -0.39 is 0 Å². The molecule has 0 aliphatic carbocycles. The zero-order chi connectivity index (χ0) is 14.8. The van der Waals surface area contributed by atoms with E-state index in [4.69, 9.17) is 10.5 Å². The van der Waals surface area contributed by atoms with Crippen LogP contribution in [0.25, 0.3) is 10.1 Å². The first-order valence-corrected chi connectivity index (χ1v) is 7.66. The van der Waals surface area contributed by atoms with E-state index in [9.17, 15) is 4.39 Å². The second kappa shape index (κ2) is 5.84. The lowest BCUT2D eigenvalue weighted by atomic mass is 10.1. The second-order valence-corrected chi connectivity index (χ2v) is 5.94. The number of hydrogen-bond donors (Lipinski definition) is 1. The Morgan fingerprint density at radius 2 is 2.05 bits per heavy atom. The summed E-state index contributed by atoms with van der Waals surface area (Å²) in [6.45, 7) is 2.19. The van der Waals surface area contributed by atoms with Crippen LogP contribution in [0.3, 0.4) is 0 Å². The first-order chi connectivity index (χ1) is 10.1. The Kier molecular flexibility index (Phi) is 3.90. The van der Waals surface area contributed by atoms with E-state index in [0.29, 0.717) is 6.61 Å². The minimum Gasteiger partial charge on any atom is -0.486 e. The zero-order valence-corrected chi connectivity index (χ0v) is 12.5. The van der Waals surface area contributed by atoms with Crippen molar-refractivity contribution in [1.82, 2.24) is 0 Å². The van der Waals surface area contributed by atoms with E-state index >= 15 is 0 Å². The van der Waals surface area contributed by atoms with E-state index in [-0.39, 0.29) is 17.6 Å². The van der Waals surface area contributed by atoms with Crippen LogP contribution in [0.5, 0.6) is 5.75 Å². The molecule has 1 aromatic heterocycles. The standard InChI is InChI=1S/C17H16FNOS/c1-11(19)12-6-7-16(15(18)8-12)20-9-13-10-21-17-5-3-2-4-14(13)17/h2-8,10-11H,9,19H2,1H3/t11-/m0/s1. The van der Waals surface area contributed by atoms with Crippen molar-refractivity contribution in [1.29, 1.82) is 0 Å². The predicted molar refractivity (Wildman–Crippen MR) is 85.2 cm³/mol. The van der Waals surface area contributed by atoms with Gasteiger partial charge in [0.25, 0.3) is 0 Å². The molecular formula is C17H16FNOS. The molecule has 0 saturated carbocycles. The molecule has 3 aromatic rings. The quantitative estimate of drug-likeness (QED) is 0.762. The van der Waals surface area contributed by atoms with Gasteiger partial charge in [0.1, 0.15) is 6.61 Å². The number of fused-ring (bicyclic) bond motifs is 1. The van der Waals surface area contributed by atoms with Crippen LogP contribution in [0.15, 0.2) is 47.8 Å². The molecule has 4 heteroatoms. The zero-order valence-electron chi connectivity index (χ0n) is 11.7. The number of rotatable bonds is 4. The average Bonchev–Trinajstić information content (AvgIpc) is 2.89. The Morgan fingerprint density at radius 1 is 1.24 bits per heavy atom. The van der Waals surface area contributed by atoms with E-state index in [1.165, 1.54) is 10.8 Å². The van der Waals surface area contributed by atoms with Crippen molar-refractivity contribution >= 4 is 21.4 Å². The summed E-state index contributed by atoms with van der Waals surface area (Å²) in [5, 5.41) is 3.22. The summed E-state index contributed by atoms with van der Waals surface area (Å²) in [5.41, 5.74) is 7.58. The minimum absolute atomic E-state index is 0.186. The molecule has 0 spiro atoms. The molecule has 0 amide bonds. The third-order valence-corrected chi connectivity index (χ3v) is 4.44. The van der Waals surface area contributed by atoms with E-state index in [1.54, 1.807) is 23.5 Å². The molecule has 0 aliphatic rings. The third kappa shape index (κ3) is 2.91. The van der Waals surface area contributed by atoms with Crippen LogP contribution in [0.1, 0.15) is 24.1 Å². The van der Waals surface area contributed by atoms with Crippen molar-refractivity contribution in [3.63, 3.8) is 0 Å². The summed E-state index contributed by atoms with van der Waals surface area (Å²) in [7, 11) is 0. The summed E-state index contributed by atoms with van der Waals surface area (Å²) in [4.78, 5) is 0. The molecule has 0 unspecified atom stereocenters. The van der Waals surface area contributed by atoms with Crippen molar-refractivity contribution in [2.75, 3.05) is 0 Å². The molecular weight excluding hydrogens is 285 g/mol. The van der Waals surface area contributed by atoms with E-state index in [2.05, 4.69) is 17.5 Å². The van der Waals surface area contributed by atoms with Crippen LogP contribution in [0.2, 0.25) is 0 Å². The number of thiophene rings is 1.